The molecule has 4 rings (SSSR count). The number of rotatable bonds is 2. The second-order valence-corrected chi connectivity index (χ2v) is 6.19. The number of piperazine rings is 1. The van der Waals surface area contributed by atoms with Crippen molar-refractivity contribution in [3.8, 4) is 0 Å². The van der Waals surface area contributed by atoms with Crippen LogP contribution >= 0.6 is 0 Å². The van der Waals surface area contributed by atoms with Gasteiger partial charge in [-0.1, -0.05) is 30.3 Å². The zero-order chi connectivity index (χ0) is 13.7. The Bertz CT molecular complexity index is 518. The second kappa shape index (κ2) is 4.48. The standard InChI is InChI=1S/C16H20N2O2/c1-11-15-14-8-7-13(10-18(15)16(19)20-11)17(14)9-12-5-3-2-4-6-12/h2-6,11,13-15H,7-10H2,1H3/t11?,13-,14+,15?/m0/s1. The van der Waals surface area contributed by atoms with E-state index in [1.165, 1.54) is 18.4 Å². The van der Waals surface area contributed by atoms with Crippen LogP contribution in [0.1, 0.15) is 25.3 Å². The normalized spacial score (nSPS) is 36.0. The van der Waals surface area contributed by atoms with E-state index in [2.05, 4.69) is 35.2 Å². The van der Waals surface area contributed by atoms with Gasteiger partial charge in [-0.05, 0) is 25.3 Å². The van der Waals surface area contributed by atoms with Gasteiger partial charge in [-0.2, -0.15) is 0 Å². The van der Waals surface area contributed by atoms with Gasteiger partial charge in [-0.15, -0.1) is 0 Å². The molecule has 3 aliphatic heterocycles. The molecule has 106 valence electrons. The number of hydrogen-bond donors (Lipinski definition) is 0. The van der Waals surface area contributed by atoms with Crippen LogP contribution in [-0.2, 0) is 11.3 Å². The third kappa shape index (κ3) is 1.74. The van der Waals surface area contributed by atoms with Crippen molar-refractivity contribution >= 4 is 6.09 Å². The molecule has 0 radical (unpaired) electrons. The van der Waals surface area contributed by atoms with E-state index in [1.807, 2.05) is 11.8 Å². The molecule has 4 atom stereocenters. The minimum Gasteiger partial charge on any atom is -0.444 e. The highest BCUT2D eigenvalue weighted by Gasteiger charge is 2.54. The molecule has 1 aromatic carbocycles. The summed E-state index contributed by atoms with van der Waals surface area (Å²) in [6, 6.07) is 11.8. The number of amides is 1. The number of hydrogen-bond acceptors (Lipinski definition) is 3. The molecule has 4 heteroatoms. The van der Waals surface area contributed by atoms with Gasteiger partial charge < -0.3 is 4.74 Å². The Balaban J connectivity index is 1.59. The maximum Gasteiger partial charge on any atom is 0.410 e. The van der Waals surface area contributed by atoms with E-state index in [4.69, 9.17) is 4.74 Å². The molecule has 3 fully saturated rings. The van der Waals surface area contributed by atoms with Crippen LogP contribution in [0, 0.1) is 0 Å². The summed E-state index contributed by atoms with van der Waals surface area (Å²) in [5, 5.41) is 0. The third-order valence-electron chi connectivity index (χ3n) is 5.06. The summed E-state index contributed by atoms with van der Waals surface area (Å²) >= 11 is 0. The maximum absolute atomic E-state index is 11.9. The van der Waals surface area contributed by atoms with Crippen molar-refractivity contribution in [2.45, 2.75) is 50.5 Å². The van der Waals surface area contributed by atoms with Gasteiger partial charge in [0.1, 0.15) is 6.10 Å². The van der Waals surface area contributed by atoms with Crippen molar-refractivity contribution in [3.63, 3.8) is 0 Å². The zero-order valence-corrected chi connectivity index (χ0v) is 11.7. The molecule has 0 N–H and O–H groups in total. The van der Waals surface area contributed by atoms with Crippen LogP contribution in [0.4, 0.5) is 4.79 Å². The average Bonchev–Trinajstić information content (AvgIpc) is 2.87. The van der Waals surface area contributed by atoms with Gasteiger partial charge in [0.25, 0.3) is 0 Å². The van der Waals surface area contributed by atoms with Gasteiger partial charge in [-0.25, -0.2) is 4.79 Å². The highest BCUT2D eigenvalue weighted by Crippen LogP contribution is 2.40. The smallest absolute Gasteiger partial charge is 0.410 e. The fourth-order valence-corrected chi connectivity index (χ4v) is 4.18. The largest absolute Gasteiger partial charge is 0.444 e. The van der Waals surface area contributed by atoms with Gasteiger partial charge >= 0.3 is 6.09 Å². The summed E-state index contributed by atoms with van der Waals surface area (Å²) in [5.41, 5.74) is 1.36. The number of carbonyl (C=O) groups is 1. The van der Waals surface area contributed by atoms with Crippen LogP contribution < -0.4 is 0 Å². The van der Waals surface area contributed by atoms with Crippen LogP contribution in [-0.4, -0.2) is 46.7 Å². The van der Waals surface area contributed by atoms with Gasteiger partial charge in [0, 0.05) is 25.2 Å². The topological polar surface area (TPSA) is 32.8 Å². The van der Waals surface area contributed by atoms with E-state index in [0.717, 1.165) is 13.1 Å². The molecule has 0 aromatic heterocycles. The first-order valence-electron chi connectivity index (χ1n) is 7.51. The van der Waals surface area contributed by atoms with Crippen molar-refractivity contribution in [2.24, 2.45) is 0 Å². The Kier molecular flexibility index (Phi) is 2.74. The van der Waals surface area contributed by atoms with E-state index in [0.29, 0.717) is 12.1 Å². The number of ether oxygens (including phenoxy) is 1. The van der Waals surface area contributed by atoms with Crippen LogP contribution in [0.15, 0.2) is 30.3 Å². The van der Waals surface area contributed by atoms with Gasteiger partial charge in [0.05, 0.1) is 6.04 Å². The molecule has 3 saturated heterocycles. The third-order valence-corrected chi connectivity index (χ3v) is 5.06. The summed E-state index contributed by atoms with van der Waals surface area (Å²) in [4.78, 5) is 16.4. The summed E-state index contributed by atoms with van der Waals surface area (Å²) in [7, 11) is 0. The number of benzene rings is 1. The number of nitrogens with zero attached hydrogens (tertiary/aromatic N) is 2. The van der Waals surface area contributed by atoms with Gasteiger partial charge in [-0.3, -0.25) is 9.80 Å². The molecule has 0 aliphatic carbocycles. The van der Waals surface area contributed by atoms with Crippen LogP contribution in [0.3, 0.4) is 0 Å². The van der Waals surface area contributed by atoms with E-state index >= 15 is 0 Å². The summed E-state index contributed by atoms with van der Waals surface area (Å²) in [6.45, 7) is 3.85. The lowest BCUT2D eigenvalue weighted by atomic mass is 9.99. The van der Waals surface area contributed by atoms with E-state index in [1.54, 1.807) is 0 Å². The van der Waals surface area contributed by atoms with Crippen molar-refractivity contribution in [3.05, 3.63) is 35.9 Å². The molecular weight excluding hydrogens is 252 g/mol. The Morgan fingerprint density at radius 1 is 1.25 bits per heavy atom. The van der Waals surface area contributed by atoms with E-state index < -0.39 is 0 Å². The molecule has 4 nitrogen and oxygen atoms in total. The highest BCUT2D eigenvalue weighted by atomic mass is 16.6. The molecule has 0 spiro atoms. The molecule has 1 amide bonds. The minimum absolute atomic E-state index is 0.0184. The van der Waals surface area contributed by atoms with Crippen molar-refractivity contribution in [2.75, 3.05) is 6.54 Å². The van der Waals surface area contributed by atoms with Crippen LogP contribution in [0.25, 0.3) is 0 Å². The van der Waals surface area contributed by atoms with Crippen molar-refractivity contribution in [1.82, 2.24) is 9.80 Å². The Morgan fingerprint density at radius 2 is 2.05 bits per heavy atom. The number of carbonyl (C=O) groups excluding carboxylic acids is 1. The lowest BCUT2D eigenvalue weighted by molar-refractivity contribution is 0.0395. The monoisotopic (exact) mass is 272 g/mol. The predicted octanol–water partition coefficient (Wildman–Crippen LogP) is 2.24. The van der Waals surface area contributed by atoms with Crippen LogP contribution in [0.2, 0.25) is 0 Å². The molecule has 2 bridgehead atoms. The van der Waals surface area contributed by atoms with Crippen molar-refractivity contribution < 1.29 is 9.53 Å². The van der Waals surface area contributed by atoms with E-state index in [9.17, 15) is 4.79 Å². The lowest BCUT2D eigenvalue weighted by Crippen LogP contribution is -2.59. The van der Waals surface area contributed by atoms with Crippen LogP contribution in [0.5, 0.6) is 0 Å². The summed E-state index contributed by atoms with van der Waals surface area (Å²) in [6.07, 6.45) is 2.29. The Labute approximate surface area is 119 Å². The SMILES string of the molecule is CC1OC(=O)N2C[C@@H]3CC[C@H](C12)N3Cc1ccccc1. The predicted molar refractivity (Wildman–Crippen MR) is 75.2 cm³/mol. The quantitative estimate of drug-likeness (QED) is 0.827. The van der Waals surface area contributed by atoms with Gasteiger partial charge in [0.15, 0.2) is 0 Å². The first kappa shape index (κ1) is 12.2. The number of cyclic esters (lactones) is 1. The fraction of sp³-hybridized carbons (Fsp3) is 0.562. The summed E-state index contributed by atoms with van der Waals surface area (Å²) < 4.78 is 5.42. The molecular formula is C16H20N2O2. The Morgan fingerprint density at radius 3 is 2.85 bits per heavy atom. The first-order valence-corrected chi connectivity index (χ1v) is 7.51. The first-order chi connectivity index (χ1) is 9.74. The fourth-order valence-electron chi connectivity index (χ4n) is 4.18. The molecule has 3 aliphatic rings. The molecule has 2 unspecified atom stereocenters. The maximum atomic E-state index is 11.9. The molecule has 20 heavy (non-hydrogen) atoms. The molecule has 0 saturated carbocycles. The minimum atomic E-state index is -0.112. The number of fused-ring (bicyclic) bond motifs is 4. The Hall–Kier alpha value is -1.55. The van der Waals surface area contributed by atoms with E-state index in [-0.39, 0.29) is 18.2 Å². The summed E-state index contributed by atoms with van der Waals surface area (Å²) in [5.74, 6) is 0. The zero-order valence-electron chi connectivity index (χ0n) is 11.7. The average molecular weight is 272 g/mol. The lowest BCUT2D eigenvalue weighted by Gasteiger charge is -2.43. The van der Waals surface area contributed by atoms with Gasteiger partial charge in [0.2, 0.25) is 0 Å². The highest BCUT2D eigenvalue weighted by molar-refractivity contribution is 5.71. The van der Waals surface area contributed by atoms with Crippen molar-refractivity contribution in [1.29, 1.82) is 0 Å². The molecule has 1 aromatic rings. The second-order valence-electron chi connectivity index (χ2n) is 6.19. The molecule has 3 heterocycles.